The molecule has 17 heavy (non-hydrogen) atoms. The Morgan fingerprint density at radius 2 is 1.88 bits per heavy atom. The van der Waals surface area contributed by atoms with Crippen molar-refractivity contribution >= 4 is 15.8 Å². The fourth-order valence-electron chi connectivity index (χ4n) is 1.74. The predicted molar refractivity (Wildman–Crippen MR) is 68.6 cm³/mol. The first-order valence-electron chi connectivity index (χ1n) is 5.85. The molecule has 0 aliphatic carbocycles. The summed E-state index contributed by atoms with van der Waals surface area (Å²) in [5.41, 5.74) is -0.593. The van der Waals surface area contributed by atoms with Crippen molar-refractivity contribution in [3.8, 4) is 0 Å². The third-order valence-electron chi connectivity index (χ3n) is 2.55. The first-order valence-corrected chi connectivity index (χ1v) is 7.84. The van der Waals surface area contributed by atoms with Gasteiger partial charge in [-0.25, -0.2) is 9.00 Å². The standard InChI is InChI=1S/C11H22N2O3S/c1-11(2,3)16-10(14)13-17(4,15)9-5-7-12-8-6-9/h9,12H,5-8H2,1-4H3. The van der Waals surface area contributed by atoms with Gasteiger partial charge in [-0.15, -0.1) is 4.36 Å². The van der Waals surface area contributed by atoms with E-state index in [0.717, 1.165) is 25.9 Å². The molecular weight excluding hydrogens is 240 g/mol. The summed E-state index contributed by atoms with van der Waals surface area (Å²) >= 11 is 0. The number of nitrogens with zero attached hydrogens (tertiary/aromatic N) is 1. The van der Waals surface area contributed by atoms with Crippen molar-refractivity contribution in [3.63, 3.8) is 0 Å². The Kier molecular flexibility index (Phi) is 4.55. The molecule has 1 N–H and O–H groups in total. The fourth-order valence-corrected chi connectivity index (χ4v) is 3.33. The second-order valence-corrected chi connectivity index (χ2v) is 7.95. The fraction of sp³-hybridized carbons (Fsp3) is 0.909. The summed E-state index contributed by atoms with van der Waals surface area (Å²) in [4.78, 5) is 11.5. The number of amides is 1. The lowest BCUT2D eigenvalue weighted by atomic mass is 10.2. The molecule has 1 aliphatic heterocycles. The lowest BCUT2D eigenvalue weighted by Gasteiger charge is -2.24. The van der Waals surface area contributed by atoms with Crippen LogP contribution in [0.2, 0.25) is 0 Å². The van der Waals surface area contributed by atoms with E-state index in [4.69, 9.17) is 4.74 Å². The highest BCUT2D eigenvalue weighted by atomic mass is 32.2. The summed E-state index contributed by atoms with van der Waals surface area (Å²) in [6.45, 7) is 6.96. The van der Waals surface area contributed by atoms with Gasteiger partial charge in [0.25, 0.3) is 0 Å². The Balaban J connectivity index is 2.74. The molecule has 100 valence electrons. The summed E-state index contributed by atoms with van der Waals surface area (Å²) < 4.78 is 21.2. The summed E-state index contributed by atoms with van der Waals surface area (Å²) in [6.07, 6.45) is 2.42. The van der Waals surface area contributed by atoms with E-state index >= 15 is 0 Å². The van der Waals surface area contributed by atoms with Crippen molar-refractivity contribution in [3.05, 3.63) is 0 Å². The maximum atomic E-state index is 12.3. The van der Waals surface area contributed by atoms with E-state index in [1.165, 1.54) is 0 Å². The molecule has 1 heterocycles. The van der Waals surface area contributed by atoms with Gasteiger partial charge in [-0.3, -0.25) is 0 Å². The van der Waals surface area contributed by atoms with E-state index in [0.29, 0.717) is 0 Å². The van der Waals surface area contributed by atoms with Crippen LogP contribution in [0.1, 0.15) is 33.6 Å². The number of rotatable bonds is 1. The molecule has 1 atom stereocenters. The molecule has 1 rings (SSSR count). The topological polar surface area (TPSA) is 67.8 Å². The van der Waals surface area contributed by atoms with Crippen LogP contribution in [0.15, 0.2) is 4.36 Å². The van der Waals surface area contributed by atoms with Crippen LogP contribution in [-0.4, -0.2) is 40.5 Å². The lowest BCUT2D eigenvalue weighted by molar-refractivity contribution is 0.0607. The monoisotopic (exact) mass is 262 g/mol. The molecule has 0 spiro atoms. The minimum Gasteiger partial charge on any atom is -0.442 e. The highest BCUT2D eigenvalue weighted by Crippen LogP contribution is 2.16. The van der Waals surface area contributed by atoms with E-state index in [2.05, 4.69) is 9.68 Å². The van der Waals surface area contributed by atoms with Crippen LogP contribution < -0.4 is 5.32 Å². The third kappa shape index (κ3) is 5.04. The van der Waals surface area contributed by atoms with Gasteiger partial charge in [-0.05, 0) is 46.7 Å². The van der Waals surface area contributed by atoms with E-state index in [-0.39, 0.29) is 5.25 Å². The van der Waals surface area contributed by atoms with Crippen molar-refractivity contribution in [2.75, 3.05) is 19.3 Å². The molecule has 5 nitrogen and oxygen atoms in total. The van der Waals surface area contributed by atoms with Crippen molar-refractivity contribution in [2.45, 2.75) is 44.5 Å². The molecule has 0 saturated carbocycles. The average molecular weight is 262 g/mol. The molecule has 0 bridgehead atoms. The summed E-state index contributed by atoms with van der Waals surface area (Å²) in [6, 6.07) is 0. The largest absolute Gasteiger partial charge is 0.442 e. The minimum absolute atomic E-state index is 0.0173. The van der Waals surface area contributed by atoms with Crippen molar-refractivity contribution in [1.29, 1.82) is 0 Å². The highest BCUT2D eigenvalue weighted by molar-refractivity contribution is 7.93. The number of hydrogen-bond acceptors (Lipinski definition) is 4. The van der Waals surface area contributed by atoms with E-state index in [1.807, 2.05) is 0 Å². The van der Waals surface area contributed by atoms with Crippen LogP contribution in [-0.2, 0) is 14.5 Å². The number of carbonyl (C=O) groups excluding carboxylic acids is 1. The normalized spacial score (nSPS) is 21.6. The zero-order valence-corrected chi connectivity index (χ0v) is 11.8. The van der Waals surface area contributed by atoms with Crippen LogP contribution >= 0.6 is 0 Å². The van der Waals surface area contributed by atoms with Gasteiger partial charge in [-0.2, -0.15) is 0 Å². The summed E-state index contributed by atoms with van der Waals surface area (Å²) in [7, 11) is -2.49. The number of nitrogens with one attached hydrogen (secondary N) is 1. The summed E-state index contributed by atoms with van der Waals surface area (Å²) in [5.74, 6) is 0. The lowest BCUT2D eigenvalue weighted by Crippen LogP contribution is -2.35. The highest BCUT2D eigenvalue weighted by Gasteiger charge is 2.24. The Bertz CT molecular complexity index is 386. The van der Waals surface area contributed by atoms with E-state index in [1.54, 1.807) is 27.0 Å². The van der Waals surface area contributed by atoms with Gasteiger partial charge >= 0.3 is 6.09 Å². The van der Waals surface area contributed by atoms with Gasteiger partial charge in [0.2, 0.25) is 0 Å². The van der Waals surface area contributed by atoms with Crippen molar-refractivity contribution in [1.82, 2.24) is 5.32 Å². The first kappa shape index (κ1) is 14.4. The van der Waals surface area contributed by atoms with Gasteiger partial charge < -0.3 is 10.1 Å². The number of carbonyl (C=O) groups is 1. The Morgan fingerprint density at radius 1 is 1.35 bits per heavy atom. The minimum atomic E-state index is -2.49. The van der Waals surface area contributed by atoms with Crippen molar-refractivity contribution < 1.29 is 13.7 Å². The number of piperidine rings is 1. The number of ether oxygens (including phenoxy) is 1. The Labute approximate surface area is 103 Å². The molecule has 0 aromatic carbocycles. The van der Waals surface area contributed by atoms with Gasteiger partial charge in [-0.1, -0.05) is 0 Å². The molecule has 1 unspecified atom stereocenters. The molecule has 6 heteroatoms. The van der Waals surface area contributed by atoms with E-state index in [9.17, 15) is 9.00 Å². The third-order valence-corrected chi connectivity index (χ3v) is 4.77. The zero-order chi connectivity index (χ0) is 13.1. The van der Waals surface area contributed by atoms with Gasteiger partial charge in [0.1, 0.15) is 5.60 Å². The second kappa shape index (κ2) is 5.35. The first-order chi connectivity index (χ1) is 7.71. The smallest absolute Gasteiger partial charge is 0.442 e. The quantitative estimate of drug-likeness (QED) is 0.782. The maximum absolute atomic E-state index is 12.3. The van der Waals surface area contributed by atoms with Crippen LogP contribution in [0.4, 0.5) is 4.79 Å². The Morgan fingerprint density at radius 3 is 2.35 bits per heavy atom. The molecule has 1 aliphatic rings. The SMILES string of the molecule is CC(C)(C)OC(=O)N=S(C)(=O)C1CCNCC1. The molecule has 0 aromatic heterocycles. The zero-order valence-electron chi connectivity index (χ0n) is 11.0. The molecule has 1 fully saturated rings. The second-order valence-electron chi connectivity index (χ2n) is 5.38. The molecule has 1 saturated heterocycles. The molecular formula is C11H22N2O3S. The summed E-state index contributed by atoms with van der Waals surface area (Å²) in [5, 5.41) is 3.18. The molecule has 1 amide bonds. The van der Waals surface area contributed by atoms with Crippen LogP contribution in [0.25, 0.3) is 0 Å². The van der Waals surface area contributed by atoms with Gasteiger partial charge in [0.05, 0.1) is 9.73 Å². The van der Waals surface area contributed by atoms with Gasteiger partial charge in [0.15, 0.2) is 0 Å². The average Bonchev–Trinajstić information content (AvgIpc) is 2.15. The van der Waals surface area contributed by atoms with Crippen LogP contribution in [0.5, 0.6) is 0 Å². The van der Waals surface area contributed by atoms with Gasteiger partial charge in [0, 0.05) is 11.5 Å². The molecule has 0 aromatic rings. The predicted octanol–water partition coefficient (Wildman–Crippen LogP) is 1.77. The maximum Gasteiger partial charge on any atom is 0.442 e. The van der Waals surface area contributed by atoms with Crippen molar-refractivity contribution in [2.24, 2.45) is 4.36 Å². The van der Waals surface area contributed by atoms with Crippen LogP contribution in [0, 0.1) is 0 Å². The Hall–Kier alpha value is -0.620. The number of hydrogen-bond donors (Lipinski definition) is 1. The van der Waals surface area contributed by atoms with Crippen LogP contribution in [0.3, 0.4) is 0 Å². The molecule has 0 radical (unpaired) electrons. The van der Waals surface area contributed by atoms with E-state index < -0.39 is 21.4 Å².